The van der Waals surface area contributed by atoms with E-state index < -0.39 is 34.4 Å². The molecule has 2 atom stereocenters. The Morgan fingerprint density at radius 2 is 1.72 bits per heavy atom. The van der Waals surface area contributed by atoms with Crippen LogP contribution in [-0.4, -0.2) is 93.1 Å². The number of nitrogens with zero attached hydrogens (tertiary/aromatic N) is 2. The number of carbonyl (C=O) groups excluding carboxylic acids is 2. The molecule has 0 radical (unpaired) electrons. The van der Waals surface area contributed by atoms with Crippen molar-refractivity contribution in [2.45, 2.75) is 44.8 Å². The summed E-state index contributed by atoms with van der Waals surface area (Å²) in [5.41, 5.74) is 1.17. The molecule has 1 heterocycles. The second-order valence-electron chi connectivity index (χ2n) is 11.7. The quantitative estimate of drug-likeness (QED) is 0.140. The van der Waals surface area contributed by atoms with Gasteiger partial charge in [0.05, 0.1) is 43.3 Å². The first kappa shape index (κ1) is 36.0. The lowest BCUT2D eigenvalue weighted by Crippen LogP contribution is -2.51. The van der Waals surface area contributed by atoms with Gasteiger partial charge in [0.2, 0.25) is 0 Å². The van der Waals surface area contributed by atoms with E-state index in [1.54, 1.807) is 32.2 Å². The summed E-state index contributed by atoms with van der Waals surface area (Å²) in [6.45, 7) is 7.21. The first-order valence-electron chi connectivity index (χ1n) is 14.8. The Kier molecular flexibility index (Phi) is 12.7. The number of carbonyl (C=O) groups is 2. The van der Waals surface area contributed by atoms with Gasteiger partial charge in [0.15, 0.2) is 11.5 Å². The zero-order valence-electron chi connectivity index (χ0n) is 27.4. The molecule has 2 aromatic rings. The predicted molar refractivity (Wildman–Crippen MR) is 171 cm³/mol. The Hall–Kier alpha value is -4.46. The van der Waals surface area contributed by atoms with Gasteiger partial charge in [-0.3, -0.25) is 10.1 Å². The van der Waals surface area contributed by atoms with Crippen molar-refractivity contribution in [3.05, 3.63) is 86.7 Å². The molecular formula is C33H44N4O9. The van der Waals surface area contributed by atoms with Gasteiger partial charge in [0, 0.05) is 55.1 Å². The molecule has 2 aromatic carbocycles. The van der Waals surface area contributed by atoms with Crippen LogP contribution in [0.4, 0.5) is 5.69 Å². The minimum absolute atomic E-state index is 0.0849. The lowest BCUT2D eigenvalue weighted by molar-refractivity contribution is -0.384. The van der Waals surface area contributed by atoms with E-state index in [1.807, 2.05) is 33.0 Å². The van der Waals surface area contributed by atoms with Gasteiger partial charge in [-0.25, -0.2) is 9.59 Å². The molecule has 1 aliphatic heterocycles. The van der Waals surface area contributed by atoms with Gasteiger partial charge in [-0.2, -0.15) is 0 Å². The lowest BCUT2D eigenvalue weighted by atomic mass is 9.79. The maximum absolute atomic E-state index is 13.3. The molecular weight excluding hydrogens is 596 g/mol. The first-order valence-corrected chi connectivity index (χ1v) is 14.8. The largest absolute Gasteiger partial charge is 0.493 e. The van der Waals surface area contributed by atoms with E-state index in [4.69, 9.17) is 18.9 Å². The predicted octanol–water partition coefficient (Wildman–Crippen LogP) is 3.29. The number of allylic oxidation sites excluding steroid dienone is 1. The monoisotopic (exact) mass is 640 g/mol. The topological polar surface area (TPSA) is 162 Å². The summed E-state index contributed by atoms with van der Waals surface area (Å²) in [5, 5.41) is 28.7. The van der Waals surface area contributed by atoms with Crippen LogP contribution < -0.4 is 20.1 Å². The van der Waals surface area contributed by atoms with E-state index in [0.29, 0.717) is 54.5 Å². The highest BCUT2D eigenvalue weighted by Gasteiger charge is 2.39. The van der Waals surface area contributed by atoms with Crippen LogP contribution in [0.3, 0.4) is 0 Å². The van der Waals surface area contributed by atoms with E-state index in [1.165, 1.54) is 32.4 Å². The van der Waals surface area contributed by atoms with Gasteiger partial charge in [-0.1, -0.05) is 24.3 Å². The number of rotatable bonds is 16. The summed E-state index contributed by atoms with van der Waals surface area (Å²) in [6, 6.07) is 13.1. The summed E-state index contributed by atoms with van der Waals surface area (Å²) >= 11 is 0. The minimum atomic E-state index is -0.945. The molecule has 0 amide bonds. The van der Waals surface area contributed by atoms with Crippen LogP contribution >= 0.6 is 0 Å². The fourth-order valence-corrected chi connectivity index (χ4v) is 5.47. The van der Waals surface area contributed by atoms with Crippen molar-refractivity contribution < 1.29 is 38.6 Å². The smallest absolute Gasteiger partial charge is 0.336 e. The van der Waals surface area contributed by atoms with Gasteiger partial charge in [-0.15, -0.1) is 0 Å². The highest BCUT2D eigenvalue weighted by atomic mass is 16.6. The van der Waals surface area contributed by atoms with Crippen molar-refractivity contribution in [3.8, 4) is 11.5 Å². The summed E-state index contributed by atoms with van der Waals surface area (Å²) < 4.78 is 21.2. The third kappa shape index (κ3) is 9.28. The zero-order valence-corrected chi connectivity index (χ0v) is 27.4. The number of ether oxygens (including phenoxy) is 4. The number of aliphatic hydroxyl groups is 1. The maximum atomic E-state index is 13.3. The first-order chi connectivity index (χ1) is 21.8. The van der Waals surface area contributed by atoms with Gasteiger partial charge in [-0.05, 0) is 45.5 Å². The second kappa shape index (κ2) is 16.2. The average molecular weight is 641 g/mol. The number of hydrogen-bond acceptors (Lipinski definition) is 12. The van der Waals surface area contributed by atoms with E-state index in [2.05, 4.69) is 15.5 Å². The number of methoxy groups -OCH3 is 3. The number of β-amino-alcohol motifs (C(OH)–C–C–N with tert-alkyl or cyclic N) is 1. The SMILES string of the molecule is COC(=O)C1=C(C)NC(CCN(C)CC(C)(C)NCC(O)COc2ccccc2OC)=C(C(=O)OC)C1c1cccc([N+](=O)[O-])c1. The zero-order chi connectivity index (χ0) is 34.0. The standard InChI is InChI=1S/C33H44N4O9/c1-21-28(31(39)44-6)29(22-11-10-12-23(17-22)37(41)42)30(32(40)45-7)25(35-21)15-16-36(4)20-33(2,3)34-18-24(38)19-46-27-14-9-8-13-26(27)43-5/h8-14,17,24,29,34-35,38H,15-16,18-20H2,1-7H3. The number of benzene rings is 2. The second-order valence-corrected chi connectivity index (χ2v) is 11.7. The van der Waals surface area contributed by atoms with E-state index >= 15 is 0 Å². The number of non-ortho nitro benzene ring substituents is 1. The van der Waals surface area contributed by atoms with E-state index in [0.717, 1.165) is 0 Å². The summed E-state index contributed by atoms with van der Waals surface area (Å²) in [4.78, 5) is 39.3. The molecule has 0 bridgehead atoms. The molecule has 2 unspecified atom stereocenters. The number of esters is 2. The minimum Gasteiger partial charge on any atom is -0.493 e. The van der Waals surface area contributed by atoms with E-state index in [9.17, 15) is 24.8 Å². The molecule has 0 aromatic heterocycles. The van der Waals surface area contributed by atoms with Crippen LogP contribution in [0.2, 0.25) is 0 Å². The summed E-state index contributed by atoms with van der Waals surface area (Å²) in [5.74, 6) is -1.13. The van der Waals surface area contributed by atoms with Crippen molar-refractivity contribution in [2.24, 2.45) is 0 Å². The molecule has 0 aliphatic carbocycles. The Labute approximate surface area is 269 Å². The molecule has 1 aliphatic rings. The summed E-state index contributed by atoms with van der Waals surface area (Å²) in [6.07, 6.45) is -0.387. The van der Waals surface area contributed by atoms with Crippen molar-refractivity contribution >= 4 is 17.6 Å². The number of dihydropyridines is 1. The number of hydrogen-bond donors (Lipinski definition) is 3. The Balaban J connectivity index is 1.74. The average Bonchev–Trinajstić information content (AvgIpc) is 3.04. The van der Waals surface area contributed by atoms with Crippen LogP contribution in [0.5, 0.6) is 11.5 Å². The Bertz CT molecular complexity index is 1470. The Morgan fingerprint density at radius 3 is 2.35 bits per heavy atom. The molecule has 3 rings (SSSR count). The molecule has 0 saturated carbocycles. The highest BCUT2D eigenvalue weighted by molar-refractivity contribution is 5.99. The number of nitro groups is 1. The van der Waals surface area contributed by atoms with Crippen molar-refractivity contribution in [1.29, 1.82) is 0 Å². The molecule has 0 fully saturated rings. The Morgan fingerprint density at radius 1 is 1.07 bits per heavy atom. The van der Waals surface area contributed by atoms with Crippen molar-refractivity contribution in [3.63, 3.8) is 0 Å². The molecule has 0 saturated heterocycles. The fraction of sp³-hybridized carbons (Fsp3) is 0.455. The van der Waals surface area contributed by atoms with Crippen molar-refractivity contribution in [2.75, 3.05) is 54.6 Å². The van der Waals surface area contributed by atoms with E-state index in [-0.39, 0.29) is 23.4 Å². The van der Waals surface area contributed by atoms with Crippen LogP contribution in [0.15, 0.2) is 71.1 Å². The molecule has 46 heavy (non-hydrogen) atoms. The third-order valence-electron chi connectivity index (χ3n) is 7.60. The maximum Gasteiger partial charge on any atom is 0.336 e. The molecule has 3 N–H and O–H groups in total. The van der Waals surface area contributed by atoms with Crippen LogP contribution in [0.25, 0.3) is 0 Å². The van der Waals surface area contributed by atoms with Gasteiger partial charge in [0.25, 0.3) is 5.69 Å². The number of likely N-dealkylation sites (N-methyl/N-ethyl adjacent to an activating group) is 1. The highest BCUT2D eigenvalue weighted by Crippen LogP contribution is 2.40. The number of nitro benzene ring substituents is 1. The number of aliphatic hydroxyl groups excluding tert-OH is 1. The normalized spacial score (nSPS) is 15.7. The number of para-hydroxylation sites is 2. The fourth-order valence-electron chi connectivity index (χ4n) is 5.47. The summed E-state index contributed by atoms with van der Waals surface area (Å²) in [7, 11) is 5.98. The number of nitrogens with one attached hydrogen (secondary N) is 2. The van der Waals surface area contributed by atoms with Crippen LogP contribution in [0, 0.1) is 10.1 Å². The lowest BCUT2D eigenvalue weighted by Gasteiger charge is -2.34. The van der Waals surface area contributed by atoms with Crippen LogP contribution in [0.1, 0.15) is 38.7 Å². The van der Waals surface area contributed by atoms with Gasteiger partial charge in [0.1, 0.15) is 12.7 Å². The molecule has 13 heteroatoms. The van der Waals surface area contributed by atoms with Gasteiger partial charge >= 0.3 is 11.9 Å². The van der Waals surface area contributed by atoms with Gasteiger partial charge < -0.3 is 39.6 Å². The molecule has 250 valence electrons. The third-order valence-corrected chi connectivity index (χ3v) is 7.60. The van der Waals surface area contributed by atoms with Crippen LogP contribution in [-0.2, 0) is 19.1 Å². The molecule has 13 nitrogen and oxygen atoms in total. The molecule has 0 spiro atoms. The van der Waals surface area contributed by atoms with Crippen molar-refractivity contribution in [1.82, 2.24) is 15.5 Å².